The number of morpholine rings is 1. The van der Waals surface area contributed by atoms with E-state index in [-0.39, 0.29) is 5.91 Å². The molecule has 1 aromatic heterocycles. The smallest absolute Gasteiger partial charge is 0.254 e. The lowest BCUT2D eigenvalue weighted by molar-refractivity contribution is -0.134. The zero-order valence-corrected chi connectivity index (χ0v) is 14.1. The molecule has 1 unspecified atom stereocenters. The van der Waals surface area contributed by atoms with Crippen LogP contribution in [0.25, 0.3) is 0 Å². The van der Waals surface area contributed by atoms with Crippen LogP contribution in [0.15, 0.2) is 16.8 Å². The van der Waals surface area contributed by atoms with Crippen LogP contribution in [0.3, 0.4) is 0 Å². The van der Waals surface area contributed by atoms with Gasteiger partial charge < -0.3 is 14.4 Å². The summed E-state index contributed by atoms with van der Waals surface area (Å²) in [7, 11) is 0. The van der Waals surface area contributed by atoms with Crippen LogP contribution < -0.4 is 0 Å². The van der Waals surface area contributed by atoms with E-state index in [2.05, 4.69) is 18.7 Å². The van der Waals surface area contributed by atoms with Crippen molar-refractivity contribution in [2.24, 2.45) is 0 Å². The quantitative estimate of drug-likeness (QED) is 0.830. The van der Waals surface area contributed by atoms with Crippen LogP contribution in [-0.2, 0) is 9.47 Å². The first kappa shape index (κ1) is 15.9. The zero-order chi connectivity index (χ0) is 15.6. The summed E-state index contributed by atoms with van der Waals surface area (Å²) >= 11 is 1.55. The minimum Gasteiger partial charge on any atom is -0.377 e. The Kier molecular flexibility index (Phi) is 4.82. The van der Waals surface area contributed by atoms with Crippen molar-refractivity contribution in [1.29, 1.82) is 0 Å². The SMILES string of the molecule is CC(C)N1CCOCC2(CN(C(=O)c3ccsc3)CCO2)C1. The molecule has 2 saturated heterocycles. The molecule has 1 atom stereocenters. The highest BCUT2D eigenvalue weighted by Gasteiger charge is 2.42. The number of nitrogens with zero attached hydrogens (tertiary/aromatic N) is 2. The third kappa shape index (κ3) is 3.35. The molecule has 2 aliphatic rings. The van der Waals surface area contributed by atoms with E-state index in [1.807, 2.05) is 21.7 Å². The van der Waals surface area contributed by atoms with Crippen molar-refractivity contribution in [2.75, 3.05) is 46.0 Å². The Morgan fingerprint density at radius 1 is 1.32 bits per heavy atom. The second-order valence-electron chi connectivity index (χ2n) is 6.39. The van der Waals surface area contributed by atoms with E-state index in [4.69, 9.17) is 9.47 Å². The Bertz CT molecular complexity index is 505. The molecular formula is C16H24N2O3S. The van der Waals surface area contributed by atoms with E-state index in [1.165, 1.54) is 0 Å². The minimum atomic E-state index is -0.398. The van der Waals surface area contributed by atoms with Crippen molar-refractivity contribution in [2.45, 2.75) is 25.5 Å². The standard InChI is InChI=1S/C16H24N2O3S/c1-13(2)17-4-6-20-12-16(10-17)11-18(5-7-21-16)15(19)14-3-8-22-9-14/h3,8-9,13H,4-7,10-12H2,1-2H3. The molecule has 0 radical (unpaired) electrons. The number of carbonyl (C=O) groups is 1. The van der Waals surface area contributed by atoms with E-state index >= 15 is 0 Å². The molecule has 1 aromatic rings. The van der Waals surface area contributed by atoms with Crippen LogP contribution in [-0.4, -0.2) is 73.3 Å². The molecule has 2 fully saturated rings. The summed E-state index contributed by atoms with van der Waals surface area (Å²) in [6.45, 7) is 9.23. The van der Waals surface area contributed by atoms with Gasteiger partial charge >= 0.3 is 0 Å². The molecule has 0 saturated carbocycles. The molecule has 1 amide bonds. The number of amides is 1. The van der Waals surface area contributed by atoms with E-state index in [0.717, 1.165) is 25.3 Å². The van der Waals surface area contributed by atoms with Gasteiger partial charge in [-0.1, -0.05) is 0 Å². The van der Waals surface area contributed by atoms with E-state index in [0.29, 0.717) is 32.3 Å². The first-order valence-corrected chi connectivity index (χ1v) is 8.81. The largest absolute Gasteiger partial charge is 0.377 e. The molecule has 0 N–H and O–H groups in total. The van der Waals surface area contributed by atoms with Gasteiger partial charge in [-0.25, -0.2) is 0 Å². The van der Waals surface area contributed by atoms with E-state index < -0.39 is 5.60 Å². The van der Waals surface area contributed by atoms with Crippen LogP contribution in [0.1, 0.15) is 24.2 Å². The predicted molar refractivity (Wildman–Crippen MR) is 86.4 cm³/mol. The summed E-state index contributed by atoms with van der Waals surface area (Å²) < 4.78 is 11.9. The van der Waals surface area contributed by atoms with Gasteiger partial charge in [0.2, 0.25) is 0 Å². The molecule has 3 heterocycles. The predicted octanol–water partition coefficient (Wildman–Crippen LogP) is 1.70. The van der Waals surface area contributed by atoms with Crippen LogP contribution in [0, 0.1) is 0 Å². The zero-order valence-electron chi connectivity index (χ0n) is 13.3. The summed E-state index contributed by atoms with van der Waals surface area (Å²) in [5.74, 6) is 0.101. The van der Waals surface area contributed by atoms with Crippen molar-refractivity contribution in [3.8, 4) is 0 Å². The molecule has 1 spiro atoms. The Balaban J connectivity index is 1.74. The number of thiophene rings is 1. The minimum absolute atomic E-state index is 0.101. The topological polar surface area (TPSA) is 42.0 Å². The number of ether oxygens (including phenoxy) is 2. The fourth-order valence-electron chi connectivity index (χ4n) is 3.15. The normalized spacial score (nSPS) is 27.3. The lowest BCUT2D eigenvalue weighted by Gasteiger charge is -2.44. The molecule has 0 aromatic carbocycles. The first-order valence-electron chi connectivity index (χ1n) is 7.87. The molecule has 2 aliphatic heterocycles. The highest BCUT2D eigenvalue weighted by molar-refractivity contribution is 7.08. The van der Waals surface area contributed by atoms with Crippen LogP contribution in [0.5, 0.6) is 0 Å². The Morgan fingerprint density at radius 2 is 2.18 bits per heavy atom. The fourth-order valence-corrected chi connectivity index (χ4v) is 3.78. The summed E-state index contributed by atoms with van der Waals surface area (Å²) in [5, 5.41) is 3.85. The third-order valence-corrected chi connectivity index (χ3v) is 5.10. The second kappa shape index (κ2) is 6.66. The van der Waals surface area contributed by atoms with Crippen LogP contribution in [0.2, 0.25) is 0 Å². The highest BCUT2D eigenvalue weighted by atomic mass is 32.1. The Labute approximate surface area is 135 Å². The molecule has 122 valence electrons. The maximum Gasteiger partial charge on any atom is 0.254 e. The van der Waals surface area contributed by atoms with Gasteiger partial charge in [0.25, 0.3) is 5.91 Å². The third-order valence-electron chi connectivity index (χ3n) is 4.41. The average molecular weight is 324 g/mol. The van der Waals surface area contributed by atoms with Crippen molar-refractivity contribution in [1.82, 2.24) is 9.80 Å². The van der Waals surface area contributed by atoms with Gasteiger partial charge in [0.15, 0.2) is 0 Å². The lowest BCUT2D eigenvalue weighted by Crippen LogP contribution is -2.60. The lowest BCUT2D eigenvalue weighted by atomic mass is 10.0. The van der Waals surface area contributed by atoms with Crippen molar-refractivity contribution < 1.29 is 14.3 Å². The van der Waals surface area contributed by atoms with Crippen LogP contribution >= 0.6 is 11.3 Å². The van der Waals surface area contributed by atoms with Gasteiger partial charge in [0, 0.05) is 31.1 Å². The van der Waals surface area contributed by atoms with Gasteiger partial charge in [-0.3, -0.25) is 9.69 Å². The number of carbonyl (C=O) groups excluding carboxylic acids is 1. The second-order valence-corrected chi connectivity index (χ2v) is 7.17. The van der Waals surface area contributed by atoms with Gasteiger partial charge in [0.1, 0.15) is 5.60 Å². The maximum atomic E-state index is 12.6. The Hall–Kier alpha value is -0.950. The van der Waals surface area contributed by atoms with Gasteiger partial charge in [-0.2, -0.15) is 11.3 Å². The van der Waals surface area contributed by atoms with Crippen molar-refractivity contribution in [3.63, 3.8) is 0 Å². The van der Waals surface area contributed by atoms with Crippen LogP contribution in [0.4, 0.5) is 0 Å². The number of hydrogen-bond acceptors (Lipinski definition) is 5. The summed E-state index contributed by atoms with van der Waals surface area (Å²) in [5.41, 5.74) is 0.377. The van der Waals surface area contributed by atoms with Gasteiger partial charge in [-0.15, -0.1) is 0 Å². The van der Waals surface area contributed by atoms with E-state index in [1.54, 1.807) is 11.3 Å². The number of rotatable bonds is 2. The maximum absolute atomic E-state index is 12.6. The molecule has 0 aliphatic carbocycles. The van der Waals surface area contributed by atoms with Crippen molar-refractivity contribution >= 4 is 17.2 Å². The molecule has 6 heteroatoms. The molecule has 0 bridgehead atoms. The van der Waals surface area contributed by atoms with Crippen molar-refractivity contribution in [3.05, 3.63) is 22.4 Å². The molecule has 5 nitrogen and oxygen atoms in total. The van der Waals surface area contributed by atoms with E-state index in [9.17, 15) is 4.79 Å². The van der Waals surface area contributed by atoms with Gasteiger partial charge in [0.05, 0.1) is 31.9 Å². The first-order chi connectivity index (χ1) is 10.6. The molecule has 3 rings (SSSR count). The number of hydrogen-bond donors (Lipinski definition) is 0. The molecular weight excluding hydrogens is 300 g/mol. The summed E-state index contributed by atoms with van der Waals surface area (Å²) in [4.78, 5) is 16.9. The average Bonchev–Trinajstić information content (AvgIpc) is 2.97. The highest BCUT2D eigenvalue weighted by Crippen LogP contribution is 2.25. The summed E-state index contributed by atoms with van der Waals surface area (Å²) in [6, 6.07) is 2.34. The fraction of sp³-hybridized carbons (Fsp3) is 0.688. The molecule has 22 heavy (non-hydrogen) atoms. The Morgan fingerprint density at radius 3 is 2.91 bits per heavy atom. The van der Waals surface area contributed by atoms with Gasteiger partial charge in [-0.05, 0) is 25.3 Å². The summed E-state index contributed by atoms with van der Waals surface area (Å²) in [6.07, 6.45) is 0. The monoisotopic (exact) mass is 324 g/mol.